The minimum atomic E-state index is -4.66. The summed E-state index contributed by atoms with van der Waals surface area (Å²) in [5.41, 5.74) is 5.70. The Labute approximate surface area is 186 Å². The molecule has 8 nitrogen and oxygen atoms in total. The summed E-state index contributed by atoms with van der Waals surface area (Å²) >= 11 is 0. The second-order valence-electron chi connectivity index (χ2n) is 8.04. The molecular weight excluding hydrogens is 449 g/mol. The molecule has 2 aromatic rings. The fraction of sp³-hybridized carbons (Fsp3) is 0.450. The smallest absolute Gasteiger partial charge is 0.382 e. The maximum absolute atomic E-state index is 13.9. The number of carbonyl (C=O) groups is 1. The van der Waals surface area contributed by atoms with Gasteiger partial charge in [-0.15, -0.1) is 5.10 Å². The number of halogens is 5. The first-order valence-corrected chi connectivity index (χ1v) is 9.99. The number of aryl methyl sites for hydroxylation is 1. The third-order valence-electron chi connectivity index (χ3n) is 5.45. The Kier molecular flexibility index (Phi) is 6.63. The first-order valence-electron chi connectivity index (χ1n) is 9.99. The van der Waals surface area contributed by atoms with Crippen molar-refractivity contribution in [1.82, 2.24) is 14.9 Å². The number of amidine groups is 1. The van der Waals surface area contributed by atoms with Gasteiger partial charge in [0.25, 0.3) is 0 Å². The van der Waals surface area contributed by atoms with Crippen molar-refractivity contribution >= 4 is 17.6 Å². The van der Waals surface area contributed by atoms with Gasteiger partial charge in [-0.1, -0.05) is 24.3 Å². The quantitative estimate of drug-likeness (QED) is 0.196. The van der Waals surface area contributed by atoms with E-state index in [2.05, 4.69) is 15.5 Å². The summed E-state index contributed by atoms with van der Waals surface area (Å²) in [6, 6.07) is 6.92. The van der Waals surface area contributed by atoms with E-state index < -0.39 is 42.0 Å². The van der Waals surface area contributed by atoms with Crippen molar-refractivity contribution < 1.29 is 26.7 Å². The molecule has 2 atom stereocenters. The molecule has 1 aliphatic carbocycles. The highest BCUT2D eigenvalue weighted by molar-refractivity contribution is 5.98. The van der Waals surface area contributed by atoms with Crippen LogP contribution in [0, 0.1) is 5.92 Å². The van der Waals surface area contributed by atoms with Gasteiger partial charge in [0.2, 0.25) is 11.8 Å². The predicted molar refractivity (Wildman–Crippen MR) is 111 cm³/mol. The molecule has 1 aromatic heterocycles. The molecule has 0 radical (unpaired) electrons. The number of rotatable bonds is 6. The van der Waals surface area contributed by atoms with Crippen molar-refractivity contribution in [3.05, 3.63) is 47.2 Å². The van der Waals surface area contributed by atoms with Crippen molar-refractivity contribution in [2.24, 2.45) is 29.6 Å². The van der Waals surface area contributed by atoms with E-state index >= 15 is 0 Å². The van der Waals surface area contributed by atoms with Crippen molar-refractivity contribution in [3.8, 4) is 0 Å². The molecule has 13 heteroatoms. The van der Waals surface area contributed by atoms with Gasteiger partial charge in [-0.2, -0.15) is 18.3 Å². The largest absolute Gasteiger partial charge is 0.433 e. The van der Waals surface area contributed by atoms with Crippen LogP contribution in [0.15, 0.2) is 35.4 Å². The highest BCUT2D eigenvalue weighted by atomic mass is 19.4. The highest BCUT2D eigenvalue weighted by Crippen LogP contribution is 2.46. The predicted octanol–water partition coefficient (Wildman–Crippen LogP) is 3.02. The SMILES string of the molecule is CN(N)/N=C(\N)c1ccc(C(C(=O)Nc2cc(C(F)(F)F)n(C)n2)C2CCC(F)(F)C2)cc1. The van der Waals surface area contributed by atoms with Crippen LogP contribution in [0.1, 0.15) is 42.0 Å². The summed E-state index contributed by atoms with van der Waals surface area (Å²) in [5, 5.41) is 10.9. The van der Waals surface area contributed by atoms with Gasteiger partial charge in [0.1, 0.15) is 5.69 Å². The maximum Gasteiger partial charge on any atom is 0.433 e. The molecule has 3 rings (SSSR count). The number of amides is 1. The molecule has 0 saturated heterocycles. The fourth-order valence-electron chi connectivity index (χ4n) is 3.99. The number of hydrogen-bond acceptors (Lipinski definition) is 5. The summed E-state index contributed by atoms with van der Waals surface area (Å²) < 4.78 is 67.6. The zero-order chi connectivity index (χ0) is 24.6. The minimum Gasteiger partial charge on any atom is -0.382 e. The van der Waals surface area contributed by atoms with E-state index in [4.69, 9.17) is 11.6 Å². The lowest BCUT2D eigenvalue weighted by atomic mass is 9.83. The van der Waals surface area contributed by atoms with Gasteiger partial charge in [-0.05, 0) is 17.9 Å². The standard InChI is InChI=1S/C20H24F5N7O/c1-31-14(20(23,24)25)9-15(29-31)28-18(33)16(13-7-8-19(21,22)10-13)11-3-5-12(6-4-11)17(26)30-32(2)27/h3-6,9,13,16H,7-8,10,27H2,1-2H3,(H2,26,30)(H,28,29,33). The van der Waals surface area contributed by atoms with Gasteiger partial charge in [-0.3, -0.25) is 9.48 Å². The Bertz CT molecular complexity index is 1030. The summed E-state index contributed by atoms with van der Waals surface area (Å²) in [6.45, 7) is 0. The lowest BCUT2D eigenvalue weighted by molar-refractivity contribution is -0.143. The van der Waals surface area contributed by atoms with Crippen LogP contribution in [0.25, 0.3) is 0 Å². The van der Waals surface area contributed by atoms with Crippen molar-refractivity contribution in [3.63, 3.8) is 0 Å². The van der Waals surface area contributed by atoms with Gasteiger partial charge in [0, 0.05) is 38.6 Å². The van der Waals surface area contributed by atoms with Gasteiger partial charge >= 0.3 is 6.18 Å². The lowest BCUT2D eigenvalue weighted by Crippen LogP contribution is -2.28. The molecule has 5 N–H and O–H groups in total. The molecule has 1 saturated carbocycles. The Hall–Kier alpha value is -3.22. The van der Waals surface area contributed by atoms with Crippen molar-refractivity contribution in [1.29, 1.82) is 0 Å². The molecule has 1 fully saturated rings. The van der Waals surface area contributed by atoms with Crippen molar-refractivity contribution in [2.45, 2.75) is 37.3 Å². The monoisotopic (exact) mass is 473 g/mol. The molecule has 0 aliphatic heterocycles. The average molecular weight is 473 g/mol. The summed E-state index contributed by atoms with van der Waals surface area (Å²) in [6.07, 6.45) is -5.45. The van der Waals surface area contributed by atoms with E-state index in [0.29, 0.717) is 21.9 Å². The number of hydrazine groups is 1. The van der Waals surface area contributed by atoms with Crippen LogP contribution in [0.3, 0.4) is 0 Å². The van der Waals surface area contributed by atoms with Gasteiger partial charge in [0.05, 0.1) is 5.92 Å². The first kappa shape index (κ1) is 24.4. The second kappa shape index (κ2) is 8.96. The topological polar surface area (TPSA) is 115 Å². The minimum absolute atomic E-state index is 0.0877. The van der Waals surface area contributed by atoms with E-state index in [-0.39, 0.29) is 24.5 Å². The van der Waals surface area contributed by atoms with Crippen LogP contribution < -0.4 is 16.9 Å². The molecule has 1 amide bonds. The van der Waals surface area contributed by atoms with Crippen LogP contribution in [-0.4, -0.2) is 39.6 Å². The third kappa shape index (κ3) is 5.78. The number of hydrazone groups is 1. The second-order valence-corrected chi connectivity index (χ2v) is 8.04. The molecular formula is C20H24F5N7O. The van der Waals surface area contributed by atoms with Crippen LogP contribution in [-0.2, 0) is 18.0 Å². The van der Waals surface area contributed by atoms with Crippen LogP contribution in [0.2, 0.25) is 0 Å². The first-order chi connectivity index (χ1) is 15.3. The molecule has 0 bridgehead atoms. The maximum atomic E-state index is 13.9. The number of carbonyl (C=O) groups excluding carboxylic acids is 1. The van der Waals surface area contributed by atoms with Gasteiger partial charge in [0.15, 0.2) is 11.7 Å². The Balaban J connectivity index is 1.90. The van der Waals surface area contributed by atoms with E-state index in [1.807, 2.05) is 0 Å². The summed E-state index contributed by atoms with van der Waals surface area (Å²) in [7, 11) is 2.57. The number of nitrogens with two attached hydrogens (primary N) is 2. The molecule has 2 unspecified atom stereocenters. The van der Waals surface area contributed by atoms with Crippen LogP contribution >= 0.6 is 0 Å². The number of hydrogen-bond donors (Lipinski definition) is 3. The summed E-state index contributed by atoms with van der Waals surface area (Å²) in [4.78, 5) is 13.1. The number of nitrogens with zero attached hydrogens (tertiary/aromatic N) is 4. The van der Waals surface area contributed by atoms with E-state index in [1.54, 1.807) is 24.3 Å². The van der Waals surface area contributed by atoms with Crippen LogP contribution in [0.5, 0.6) is 0 Å². The van der Waals surface area contributed by atoms with Crippen molar-refractivity contribution in [2.75, 3.05) is 12.4 Å². The van der Waals surface area contributed by atoms with Gasteiger partial charge < -0.3 is 11.1 Å². The molecule has 33 heavy (non-hydrogen) atoms. The molecule has 180 valence electrons. The molecule has 1 aliphatic rings. The number of nitrogens with one attached hydrogen (secondary N) is 1. The fourth-order valence-corrected chi connectivity index (χ4v) is 3.99. The molecule has 1 heterocycles. The zero-order valence-corrected chi connectivity index (χ0v) is 17.9. The van der Waals surface area contributed by atoms with E-state index in [0.717, 1.165) is 12.2 Å². The number of alkyl halides is 5. The molecule has 0 spiro atoms. The van der Waals surface area contributed by atoms with E-state index in [9.17, 15) is 26.7 Å². The van der Waals surface area contributed by atoms with Gasteiger partial charge in [-0.25, -0.2) is 19.7 Å². The Morgan fingerprint density at radius 2 is 1.97 bits per heavy atom. The number of aromatic nitrogens is 2. The molecule has 1 aromatic carbocycles. The zero-order valence-electron chi connectivity index (χ0n) is 17.9. The Morgan fingerprint density at radius 1 is 1.33 bits per heavy atom. The Morgan fingerprint density at radius 3 is 2.45 bits per heavy atom. The van der Waals surface area contributed by atoms with E-state index in [1.165, 1.54) is 7.05 Å². The average Bonchev–Trinajstić information content (AvgIpc) is 3.23. The van der Waals surface area contributed by atoms with Crippen LogP contribution in [0.4, 0.5) is 27.8 Å². The number of benzene rings is 1. The lowest BCUT2D eigenvalue weighted by Gasteiger charge is -2.23. The normalized spacial score (nSPS) is 19.4. The summed E-state index contributed by atoms with van der Waals surface area (Å²) in [5.74, 6) is -0.155. The number of anilines is 1. The third-order valence-corrected chi connectivity index (χ3v) is 5.45. The highest BCUT2D eigenvalue weighted by Gasteiger charge is 2.45.